The summed E-state index contributed by atoms with van der Waals surface area (Å²) in [6.45, 7) is 18.0. The summed E-state index contributed by atoms with van der Waals surface area (Å²) in [4.78, 5) is 14.1. The number of nitrogens with one attached hydrogen (secondary N) is 1. The molecule has 10 atom stereocenters. The van der Waals surface area contributed by atoms with Crippen molar-refractivity contribution in [1.82, 2.24) is 0 Å². The van der Waals surface area contributed by atoms with Crippen molar-refractivity contribution in [1.29, 1.82) is 0 Å². The van der Waals surface area contributed by atoms with E-state index in [0.717, 1.165) is 56.1 Å². The zero-order valence-electron chi connectivity index (χ0n) is 24.3. The first-order valence-corrected chi connectivity index (χ1v) is 16.0. The first-order valence-electron chi connectivity index (χ1n) is 16.0. The van der Waals surface area contributed by atoms with Crippen LogP contribution in [0.2, 0.25) is 0 Å². The highest BCUT2D eigenvalue weighted by atomic mass is 16.5. The number of aliphatic hydroxyl groups is 1. The van der Waals surface area contributed by atoms with Crippen LogP contribution in [-0.4, -0.2) is 85.8 Å². The van der Waals surface area contributed by atoms with Crippen molar-refractivity contribution < 1.29 is 28.8 Å². The molecule has 0 spiro atoms. The Morgan fingerprint density at radius 3 is 2.53 bits per heavy atom. The van der Waals surface area contributed by atoms with Gasteiger partial charge in [0.2, 0.25) is 0 Å². The van der Waals surface area contributed by atoms with E-state index in [9.17, 15) is 9.90 Å². The summed E-state index contributed by atoms with van der Waals surface area (Å²) < 4.78 is 13.1. The first kappa shape index (κ1) is 27.2. The van der Waals surface area contributed by atoms with Crippen LogP contribution in [0.15, 0.2) is 12.7 Å². The van der Waals surface area contributed by atoms with Gasteiger partial charge in [-0.1, -0.05) is 20.4 Å². The van der Waals surface area contributed by atoms with E-state index in [1.807, 2.05) is 0 Å². The molecule has 0 aromatic rings. The van der Waals surface area contributed by atoms with Crippen LogP contribution in [0, 0.1) is 34.5 Å². The van der Waals surface area contributed by atoms with Crippen molar-refractivity contribution in [2.75, 3.05) is 45.9 Å². The second kappa shape index (κ2) is 10.2. The summed E-state index contributed by atoms with van der Waals surface area (Å²) in [5.74, 6) is 2.58. The number of carbonyl (C=O) groups is 1. The average Bonchev–Trinajstić information content (AvgIpc) is 3.48. The molecule has 4 aliphatic carbocycles. The molecule has 2 heterocycles. The summed E-state index contributed by atoms with van der Waals surface area (Å²) in [5.41, 5.74) is 0.369. The molecule has 4 unspecified atom stereocenters. The van der Waals surface area contributed by atoms with Gasteiger partial charge >= 0.3 is 5.97 Å². The number of fused-ring (bicyclic) bond motifs is 5. The number of hydrogen-bond acceptors (Lipinski definition) is 4. The predicted octanol–water partition coefficient (Wildman–Crippen LogP) is 2.99. The molecular weight excluding hydrogens is 476 g/mol. The number of nitrogens with zero attached hydrogens (tertiary/aromatic N) is 1. The van der Waals surface area contributed by atoms with Crippen LogP contribution in [0.5, 0.6) is 0 Å². The third kappa shape index (κ3) is 4.23. The van der Waals surface area contributed by atoms with E-state index < -0.39 is 0 Å². The van der Waals surface area contributed by atoms with Gasteiger partial charge in [-0.3, -0.25) is 4.79 Å². The number of hydrogen-bond donors (Lipinski definition) is 2. The third-order valence-corrected chi connectivity index (χ3v) is 13.3. The maximum Gasteiger partial charge on any atom is 0.303 e. The summed E-state index contributed by atoms with van der Waals surface area (Å²) in [5, 5.41) is 11.3. The Hall–Kier alpha value is -0.950. The van der Waals surface area contributed by atoms with Gasteiger partial charge in [-0.15, -0.1) is 0 Å². The molecular formula is C32H54N2O4+2. The van der Waals surface area contributed by atoms with Crippen molar-refractivity contribution in [2.24, 2.45) is 34.5 Å². The number of ether oxygens (including phenoxy) is 2. The number of carbonyl (C=O) groups excluding carboxylic acids is 1. The minimum absolute atomic E-state index is 0.0215. The molecule has 0 amide bonds. The lowest BCUT2D eigenvalue weighted by Crippen LogP contribution is -3.19. The Labute approximate surface area is 230 Å². The topological polar surface area (TPSA) is 60.2 Å². The largest absolute Gasteiger partial charge is 0.456 e. The molecule has 0 aromatic heterocycles. The molecule has 4 saturated carbocycles. The lowest BCUT2D eigenvalue weighted by Gasteiger charge is -2.61. The van der Waals surface area contributed by atoms with Gasteiger partial charge in [-0.25, -0.2) is 0 Å². The Balaban J connectivity index is 1.30. The van der Waals surface area contributed by atoms with Crippen molar-refractivity contribution >= 4 is 5.97 Å². The Morgan fingerprint density at radius 1 is 1.11 bits per heavy atom. The molecule has 6 aliphatic rings. The summed E-state index contributed by atoms with van der Waals surface area (Å²) >= 11 is 0. The molecule has 2 N–H and O–H groups in total. The molecule has 0 radical (unpaired) electrons. The van der Waals surface area contributed by atoms with E-state index in [2.05, 4.69) is 26.5 Å². The molecule has 2 saturated heterocycles. The number of aliphatic hydroxyl groups excluding tert-OH is 1. The fraction of sp³-hybridized carbons (Fsp3) is 0.906. The lowest BCUT2D eigenvalue weighted by atomic mass is 9.44. The van der Waals surface area contributed by atoms with E-state index >= 15 is 0 Å². The van der Waals surface area contributed by atoms with E-state index in [0.29, 0.717) is 35.3 Å². The van der Waals surface area contributed by atoms with Crippen molar-refractivity contribution in [3.05, 3.63) is 12.7 Å². The minimum atomic E-state index is -0.172. The maximum atomic E-state index is 12.5. The summed E-state index contributed by atoms with van der Waals surface area (Å²) in [6.07, 6.45) is 12.8. The number of morpholine rings is 1. The highest BCUT2D eigenvalue weighted by Crippen LogP contribution is 2.67. The van der Waals surface area contributed by atoms with Crippen LogP contribution in [0.3, 0.4) is 0 Å². The molecule has 2 aliphatic heterocycles. The van der Waals surface area contributed by atoms with E-state index in [1.165, 1.54) is 58.0 Å². The second-order valence-corrected chi connectivity index (χ2v) is 14.8. The Morgan fingerprint density at radius 2 is 1.84 bits per heavy atom. The minimum Gasteiger partial charge on any atom is -0.456 e. The SMILES string of the molecule is C=CC[N+]1([C@H]2CC3C4CCC5C[C@H](O)[C@@H]([NH+]6CCOCC6)C[C@]5(C)C4CC[C@]3(C)[C@H]2OC(C)=O)CCCC1. The Bertz CT molecular complexity index is 898. The molecule has 0 bridgehead atoms. The van der Waals surface area contributed by atoms with E-state index in [-0.39, 0.29) is 23.6 Å². The number of rotatable bonds is 5. The van der Waals surface area contributed by atoms with Crippen molar-refractivity contribution in [3.63, 3.8) is 0 Å². The number of quaternary nitrogens is 2. The molecule has 6 nitrogen and oxygen atoms in total. The van der Waals surface area contributed by atoms with Gasteiger partial charge in [0.1, 0.15) is 31.3 Å². The molecule has 6 heteroatoms. The molecule has 38 heavy (non-hydrogen) atoms. The van der Waals surface area contributed by atoms with E-state index in [4.69, 9.17) is 9.47 Å². The Kier molecular flexibility index (Phi) is 7.27. The van der Waals surface area contributed by atoms with Crippen LogP contribution in [0.25, 0.3) is 0 Å². The summed E-state index contributed by atoms with van der Waals surface area (Å²) in [7, 11) is 0. The van der Waals surface area contributed by atoms with Crippen molar-refractivity contribution in [3.8, 4) is 0 Å². The van der Waals surface area contributed by atoms with Gasteiger partial charge in [-0.05, 0) is 67.3 Å². The standard InChI is InChI=1S/C32H53N2O4/c1-5-14-34(15-6-7-16-34)28-20-26-24-9-8-23-19-29(36)27(33-12-17-37-18-13-33)21-32(23,4)25(24)10-11-31(26,3)30(28)38-22(2)35/h5,23-30,36H,1,6-21H2,2-4H3/q+1/p+1/t23?,24?,25?,26?,27-,28-,29-,30-,31-,32-/m0/s1. The molecule has 0 aromatic carbocycles. The first-order chi connectivity index (χ1) is 18.2. The zero-order valence-corrected chi connectivity index (χ0v) is 24.3. The van der Waals surface area contributed by atoms with Gasteiger partial charge in [0.25, 0.3) is 0 Å². The fourth-order valence-corrected chi connectivity index (χ4v) is 11.5. The lowest BCUT2D eigenvalue weighted by molar-refractivity contribution is -0.938. The highest BCUT2D eigenvalue weighted by Gasteiger charge is 2.68. The number of esters is 1. The predicted molar refractivity (Wildman–Crippen MR) is 147 cm³/mol. The van der Waals surface area contributed by atoms with Gasteiger partial charge < -0.3 is 24.0 Å². The zero-order chi connectivity index (χ0) is 26.7. The summed E-state index contributed by atoms with van der Waals surface area (Å²) in [6, 6.07) is 0.751. The van der Waals surface area contributed by atoms with Crippen LogP contribution in [0.4, 0.5) is 0 Å². The number of likely N-dealkylation sites (tertiary alicyclic amines) is 1. The van der Waals surface area contributed by atoms with Crippen LogP contribution in [-0.2, 0) is 14.3 Å². The van der Waals surface area contributed by atoms with Gasteiger partial charge in [0.05, 0.1) is 32.8 Å². The normalized spacial score (nSPS) is 48.5. The average molecular weight is 531 g/mol. The van der Waals surface area contributed by atoms with E-state index in [1.54, 1.807) is 11.8 Å². The monoisotopic (exact) mass is 530 g/mol. The van der Waals surface area contributed by atoms with Gasteiger partial charge in [-0.2, -0.15) is 0 Å². The smallest absolute Gasteiger partial charge is 0.303 e. The highest BCUT2D eigenvalue weighted by molar-refractivity contribution is 5.66. The maximum absolute atomic E-state index is 12.5. The third-order valence-electron chi connectivity index (χ3n) is 13.3. The molecule has 214 valence electrons. The van der Waals surface area contributed by atoms with Crippen LogP contribution >= 0.6 is 0 Å². The van der Waals surface area contributed by atoms with Crippen molar-refractivity contribution in [2.45, 2.75) is 103 Å². The van der Waals surface area contributed by atoms with Gasteiger partial charge in [0, 0.05) is 38.0 Å². The quantitative estimate of drug-likeness (QED) is 0.326. The molecule has 6 fully saturated rings. The second-order valence-electron chi connectivity index (χ2n) is 14.8. The van der Waals surface area contributed by atoms with Crippen LogP contribution in [0.1, 0.15) is 78.6 Å². The van der Waals surface area contributed by atoms with Gasteiger partial charge in [0.15, 0.2) is 6.10 Å². The molecule has 6 rings (SSSR count). The fourth-order valence-electron chi connectivity index (χ4n) is 11.5. The van der Waals surface area contributed by atoms with Crippen LogP contribution < -0.4 is 4.90 Å².